The highest BCUT2D eigenvalue weighted by molar-refractivity contribution is 5.76. The molecule has 0 atom stereocenters. The molecule has 0 radical (unpaired) electrons. The molecule has 0 aromatic heterocycles. The van der Waals surface area contributed by atoms with Crippen LogP contribution in [0.5, 0.6) is 0 Å². The number of benzene rings is 5. The molecule has 5 aromatic rings. The van der Waals surface area contributed by atoms with E-state index in [1.54, 1.807) is 24.3 Å². The van der Waals surface area contributed by atoms with Crippen LogP contribution in [0.15, 0.2) is 146 Å². The van der Waals surface area contributed by atoms with Crippen LogP contribution in [0.25, 0.3) is 0 Å². The first kappa shape index (κ1) is 21.8. The highest BCUT2D eigenvalue weighted by atomic mass is 16.6. The minimum Gasteiger partial charge on any atom is -0.616 e. The van der Waals surface area contributed by atoms with Gasteiger partial charge in [-0.2, -0.15) is 0 Å². The van der Waals surface area contributed by atoms with Crippen LogP contribution in [-0.2, 0) is 0 Å². The van der Waals surface area contributed by atoms with Crippen LogP contribution >= 0.6 is 0 Å². The number of quaternary nitrogens is 2. The summed E-state index contributed by atoms with van der Waals surface area (Å²) < 4.78 is -1.50. The average Bonchev–Trinajstić information content (AvgIpc) is 2.94. The van der Waals surface area contributed by atoms with Gasteiger partial charge in [0.1, 0.15) is 34.1 Å². The van der Waals surface area contributed by atoms with E-state index >= 15 is 0 Å². The molecule has 0 heterocycles. The van der Waals surface area contributed by atoms with Crippen molar-refractivity contribution in [3.8, 4) is 0 Å². The fraction of sp³-hybridized carbons (Fsp3) is 0. The third-order valence-corrected chi connectivity index (χ3v) is 6.06. The standard InChI is InChI=1S/C30H24N2O2/c33-31(25-13-5-1-6-14-25,26-15-7-2-8-16-26)29-21-23-30(24-22-29)32(34,27-17-9-3-10-18-27)28-19-11-4-12-20-28/h1-24H. The Morgan fingerprint density at radius 2 is 0.441 bits per heavy atom. The van der Waals surface area contributed by atoms with E-state index in [0.29, 0.717) is 34.1 Å². The molecule has 0 fully saturated rings. The molecule has 4 nitrogen and oxygen atoms in total. The molecule has 0 bridgehead atoms. The molecule has 4 heteroatoms. The second kappa shape index (κ2) is 9.06. The van der Waals surface area contributed by atoms with Gasteiger partial charge in [-0.05, 0) is 0 Å². The molecule has 166 valence electrons. The molecule has 5 aromatic carbocycles. The normalized spacial score (nSPS) is 11.8. The quantitative estimate of drug-likeness (QED) is 0.194. The molecule has 0 N–H and O–H groups in total. The lowest BCUT2D eigenvalue weighted by molar-refractivity contribution is 0.680. The minimum absolute atomic E-state index is 0.522. The molecular formula is C30H24N2O2. The summed E-state index contributed by atoms with van der Waals surface area (Å²) in [6, 6.07) is 44.2. The van der Waals surface area contributed by atoms with Gasteiger partial charge in [0.15, 0.2) is 0 Å². The first-order valence-corrected chi connectivity index (χ1v) is 11.2. The second-order valence-electron chi connectivity index (χ2n) is 8.08. The zero-order chi connectivity index (χ0) is 23.4. The van der Waals surface area contributed by atoms with E-state index in [0.717, 1.165) is 0 Å². The van der Waals surface area contributed by atoms with E-state index < -0.39 is 9.29 Å². The van der Waals surface area contributed by atoms with Crippen molar-refractivity contribution < 1.29 is 0 Å². The van der Waals surface area contributed by atoms with Gasteiger partial charge in [-0.1, -0.05) is 72.8 Å². The highest BCUT2D eigenvalue weighted by Crippen LogP contribution is 2.46. The molecule has 0 amide bonds. The monoisotopic (exact) mass is 444 g/mol. The summed E-state index contributed by atoms with van der Waals surface area (Å²) in [6.07, 6.45) is 0. The fourth-order valence-corrected chi connectivity index (χ4v) is 4.32. The summed E-state index contributed by atoms with van der Waals surface area (Å²) in [5.74, 6) is 0. The van der Waals surface area contributed by atoms with Crippen LogP contribution in [0.1, 0.15) is 0 Å². The number of para-hydroxylation sites is 4. The van der Waals surface area contributed by atoms with E-state index in [-0.39, 0.29) is 0 Å². The third-order valence-electron chi connectivity index (χ3n) is 6.06. The van der Waals surface area contributed by atoms with Gasteiger partial charge in [0.25, 0.3) is 0 Å². The lowest BCUT2D eigenvalue weighted by Crippen LogP contribution is -2.33. The second-order valence-corrected chi connectivity index (χ2v) is 8.08. The van der Waals surface area contributed by atoms with Crippen molar-refractivity contribution in [3.63, 3.8) is 0 Å². The predicted molar refractivity (Wildman–Crippen MR) is 141 cm³/mol. The number of nitrogens with zero attached hydrogens (tertiary/aromatic N) is 2. The summed E-state index contributed by atoms with van der Waals surface area (Å²) in [4.78, 5) is 0. The molecule has 0 aliphatic carbocycles. The van der Waals surface area contributed by atoms with Crippen molar-refractivity contribution in [2.24, 2.45) is 0 Å². The van der Waals surface area contributed by atoms with E-state index in [4.69, 9.17) is 0 Å². The smallest absolute Gasteiger partial charge is 0.143 e. The van der Waals surface area contributed by atoms with Crippen molar-refractivity contribution in [3.05, 3.63) is 156 Å². The zero-order valence-corrected chi connectivity index (χ0v) is 18.6. The SMILES string of the molecule is [O-][N+](c1ccccc1)(c1ccccc1)c1ccc([N+]([O-])(c2ccccc2)c2ccccc2)cc1. The van der Waals surface area contributed by atoms with Gasteiger partial charge in [0, 0.05) is 72.8 Å². The van der Waals surface area contributed by atoms with Crippen LogP contribution in [0.2, 0.25) is 0 Å². The van der Waals surface area contributed by atoms with Crippen LogP contribution in [0.3, 0.4) is 0 Å². The Morgan fingerprint density at radius 3 is 0.647 bits per heavy atom. The molecular weight excluding hydrogens is 420 g/mol. The largest absolute Gasteiger partial charge is 0.616 e. The Balaban J connectivity index is 1.66. The van der Waals surface area contributed by atoms with Gasteiger partial charge in [0.05, 0.1) is 0 Å². The van der Waals surface area contributed by atoms with Gasteiger partial charge in [-0.15, -0.1) is 0 Å². The van der Waals surface area contributed by atoms with E-state index in [2.05, 4.69) is 0 Å². The maximum absolute atomic E-state index is 14.5. The van der Waals surface area contributed by atoms with Gasteiger partial charge >= 0.3 is 0 Å². The lowest BCUT2D eigenvalue weighted by atomic mass is 10.1. The Kier molecular flexibility index (Phi) is 5.80. The number of hydrogen-bond donors (Lipinski definition) is 0. The van der Waals surface area contributed by atoms with Crippen LogP contribution in [-0.4, -0.2) is 0 Å². The Labute approximate surface area is 199 Å². The molecule has 0 unspecified atom stereocenters. The van der Waals surface area contributed by atoms with Gasteiger partial charge in [-0.25, -0.2) is 0 Å². The first-order valence-electron chi connectivity index (χ1n) is 11.2. The van der Waals surface area contributed by atoms with Crippen molar-refractivity contribution in [1.82, 2.24) is 9.29 Å². The summed E-state index contributed by atoms with van der Waals surface area (Å²) in [7, 11) is 0. The highest BCUT2D eigenvalue weighted by Gasteiger charge is 2.30. The van der Waals surface area contributed by atoms with E-state index in [1.165, 1.54) is 0 Å². The lowest BCUT2D eigenvalue weighted by Gasteiger charge is -2.43. The zero-order valence-electron chi connectivity index (χ0n) is 18.6. The Bertz CT molecular complexity index is 1150. The summed E-state index contributed by atoms with van der Waals surface area (Å²) >= 11 is 0. The third kappa shape index (κ3) is 3.71. The van der Waals surface area contributed by atoms with Crippen LogP contribution < -0.4 is 9.29 Å². The van der Waals surface area contributed by atoms with Crippen LogP contribution in [0.4, 0.5) is 34.1 Å². The Hall–Kier alpha value is -4.06. The van der Waals surface area contributed by atoms with E-state index in [1.807, 2.05) is 121 Å². The van der Waals surface area contributed by atoms with Crippen molar-refractivity contribution >= 4 is 34.1 Å². The molecule has 0 saturated carbocycles. The minimum atomic E-state index is -0.752. The number of rotatable bonds is 6. The summed E-state index contributed by atoms with van der Waals surface area (Å²) in [5.41, 5.74) is 3.42. The predicted octanol–water partition coefficient (Wildman–Crippen LogP) is 8.62. The average molecular weight is 445 g/mol. The van der Waals surface area contributed by atoms with Gasteiger partial charge in [-0.3, -0.25) is 9.29 Å². The Morgan fingerprint density at radius 1 is 0.265 bits per heavy atom. The molecule has 0 spiro atoms. The van der Waals surface area contributed by atoms with Crippen molar-refractivity contribution in [1.29, 1.82) is 0 Å². The molecule has 0 saturated heterocycles. The molecule has 5 rings (SSSR count). The van der Waals surface area contributed by atoms with E-state index in [9.17, 15) is 10.4 Å². The molecule has 0 aliphatic heterocycles. The van der Waals surface area contributed by atoms with Crippen molar-refractivity contribution in [2.45, 2.75) is 0 Å². The maximum atomic E-state index is 14.5. The van der Waals surface area contributed by atoms with Crippen LogP contribution in [0, 0.1) is 10.4 Å². The summed E-state index contributed by atoms with van der Waals surface area (Å²) in [5, 5.41) is 28.9. The van der Waals surface area contributed by atoms with Crippen molar-refractivity contribution in [2.75, 3.05) is 0 Å². The molecule has 0 aliphatic rings. The molecule has 34 heavy (non-hydrogen) atoms. The summed E-state index contributed by atoms with van der Waals surface area (Å²) in [6.45, 7) is 0. The fourth-order valence-electron chi connectivity index (χ4n) is 4.32. The van der Waals surface area contributed by atoms with Gasteiger partial charge < -0.3 is 10.4 Å². The maximum Gasteiger partial charge on any atom is 0.143 e. The van der Waals surface area contributed by atoms with Gasteiger partial charge in [0.2, 0.25) is 0 Å². The number of hydrogen-bond acceptors (Lipinski definition) is 2. The first-order chi connectivity index (χ1) is 16.6. The topological polar surface area (TPSA) is 46.1 Å².